The molecule has 1 atom stereocenters. The van der Waals surface area contributed by atoms with Crippen molar-refractivity contribution < 1.29 is 27.5 Å². The summed E-state index contributed by atoms with van der Waals surface area (Å²) in [6.45, 7) is 10.1. The maximum atomic E-state index is 12.9. The quantitative estimate of drug-likeness (QED) is 0.236. The van der Waals surface area contributed by atoms with Gasteiger partial charge < -0.3 is 14.8 Å². The zero-order chi connectivity index (χ0) is 31.3. The molecule has 42 heavy (non-hydrogen) atoms. The van der Waals surface area contributed by atoms with Gasteiger partial charge in [0.15, 0.2) is 0 Å². The summed E-state index contributed by atoms with van der Waals surface area (Å²) in [4.78, 5) is 34.1. The molecule has 0 unspecified atom stereocenters. The van der Waals surface area contributed by atoms with Crippen molar-refractivity contribution in [1.29, 1.82) is 0 Å². The molecule has 0 aliphatic heterocycles. The maximum Gasteiger partial charge on any atom is 0.408 e. The molecule has 1 N–H and O–H groups in total. The van der Waals surface area contributed by atoms with E-state index in [0.717, 1.165) is 36.6 Å². The molecule has 10 nitrogen and oxygen atoms in total. The fourth-order valence-electron chi connectivity index (χ4n) is 4.33. The van der Waals surface area contributed by atoms with Gasteiger partial charge in [0.2, 0.25) is 0 Å². The number of carbonyl (C=O) groups excluding carboxylic acids is 2. The summed E-state index contributed by atoms with van der Waals surface area (Å²) in [6.07, 6.45) is 6.18. The van der Waals surface area contributed by atoms with Crippen LogP contribution in [0.1, 0.15) is 79.5 Å². The summed E-state index contributed by atoms with van der Waals surface area (Å²) in [6, 6.07) is 3.99. The van der Waals surface area contributed by atoms with Crippen LogP contribution in [0.25, 0.3) is 11.1 Å². The number of sulfonamides is 1. The molecule has 1 aliphatic carbocycles. The van der Waals surface area contributed by atoms with Crippen molar-refractivity contribution >= 4 is 51.5 Å². The van der Waals surface area contributed by atoms with Crippen molar-refractivity contribution in [2.75, 3.05) is 5.75 Å². The molecule has 0 radical (unpaired) electrons. The van der Waals surface area contributed by atoms with Crippen LogP contribution < -0.4 is 5.32 Å². The number of esters is 1. The van der Waals surface area contributed by atoms with Crippen molar-refractivity contribution in [3.63, 3.8) is 0 Å². The highest BCUT2D eigenvalue weighted by Crippen LogP contribution is 2.45. The van der Waals surface area contributed by atoms with Crippen molar-refractivity contribution in [3.8, 4) is 11.1 Å². The highest BCUT2D eigenvalue weighted by molar-refractivity contribution is 7.90. The number of benzene rings is 1. The van der Waals surface area contributed by atoms with Gasteiger partial charge in [-0.25, -0.2) is 28.0 Å². The van der Waals surface area contributed by atoms with E-state index in [2.05, 4.69) is 19.7 Å². The van der Waals surface area contributed by atoms with E-state index in [4.69, 9.17) is 32.7 Å². The van der Waals surface area contributed by atoms with Crippen LogP contribution in [0.3, 0.4) is 0 Å². The number of hydrogen-bond acceptors (Lipinski definition) is 8. The molecule has 1 amide bonds. The van der Waals surface area contributed by atoms with Crippen LogP contribution in [0.15, 0.2) is 35.0 Å². The first kappa shape index (κ1) is 33.7. The van der Waals surface area contributed by atoms with Crippen LogP contribution in [-0.2, 0) is 29.7 Å². The highest BCUT2D eigenvalue weighted by Gasteiger charge is 2.42. The summed E-state index contributed by atoms with van der Waals surface area (Å²) in [5.74, 6) is -0.381. The number of nitrogens with zero attached hydrogens (tertiary/aromatic N) is 3. The molecular weight excluding hydrogens is 603 g/mol. The molecule has 1 heterocycles. The monoisotopic (exact) mass is 640 g/mol. The minimum absolute atomic E-state index is 0.198. The number of rotatable bonds is 10. The third-order valence-corrected chi connectivity index (χ3v) is 8.21. The lowest BCUT2D eigenvalue weighted by atomic mass is 9.66. The van der Waals surface area contributed by atoms with Gasteiger partial charge in [0.25, 0.3) is 10.0 Å². The Kier molecular flexibility index (Phi) is 10.7. The predicted octanol–water partition coefficient (Wildman–Crippen LogP) is 6.29. The number of aromatic nitrogens is 2. The third kappa shape index (κ3) is 9.91. The number of carbonyl (C=O) groups is 2. The van der Waals surface area contributed by atoms with Crippen LogP contribution in [-0.4, -0.2) is 59.7 Å². The van der Waals surface area contributed by atoms with Gasteiger partial charge >= 0.3 is 12.1 Å². The Morgan fingerprint density at radius 1 is 1.07 bits per heavy atom. The van der Waals surface area contributed by atoms with Gasteiger partial charge in [-0.15, -0.1) is 0 Å². The van der Waals surface area contributed by atoms with Gasteiger partial charge in [0, 0.05) is 51.6 Å². The molecule has 3 rings (SSSR count). The third-order valence-electron chi connectivity index (χ3n) is 6.48. The second-order valence-electron chi connectivity index (χ2n) is 12.3. The number of amides is 1. The molecule has 230 valence electrons. The lowest BCUT2D eigenvalue weighted by Crippen LogP contribution is -2.46. The average Bonchev–Trinajstić information content (AvgIpc) is 2.81. The number of alkyl carbamates (subject to hydrolysis) is 1. The molecule has 1 aromatic heterocycles. The van der Waals surface area contributed by atoms with Gasteiger partial charge in [-0.3, -0.25) is 0 Å². The number of ether oxygens (including phenoxy) is 2. The second-order valence-corrected chi connectivity index (χ2v) is 15.0. The number of nitrogens with one attached hydrogen (secondary N) is 1. The summed E-state index contributed by atoms with van der Waals surface area (Å²) in [7, 11) is -3.89. The van der Waals surface area contributed by atoms with Crippen LogP contribution >= 0.6 is 23.2 Å². The Balaban J connectivity index is 1.67. The standard InChI is InChI=1S/C29H38Cl2N4O6S/c1-27(2,3)40-24(36)23(35-26(37)41-28(4,5)6)10-14-34-42(38,39)15-13-29(11-7-12-29)25-32-17-19(18-33-25)21-9-8-20(30)16-22(21)31/h8-9,14,16-18,23H,7,10-13,15H2,1-6H3,(H,35,37)/t23-/m0/s1. The summed E-state index contributed by atoms with van der Waals surface area (Å²) in [5.41, 5.74) is -0.594. The first-order valence-electron chi connectivity index (χ1n) is 13.6. The Bertz CT molecular complexity index is 1410. The first-order chi connectivity index (χ1) is 19.4. The van der Waals surface area contributed by atoms with Crippen molar-refractivity contribution in [2.45, 2.75) is 96.3 Å². The van der Waals surface area contributed by atoms with Gasteiger partial charge in [0.1, 0.15) is 23.1 Å². The molecule has 0 bridgehead atoms. The fourth-order valence-corrected chi connectivity index (χ4v) is 5.91. The lowest BCUT2D eigenvalue weighted by molar-refractivity contribution is -0.157. The normalized spacial score (nSPS) is 16.0. The van der Waals surface area contributed by atoms with Crippen molar-refractivity contribution in [1.82, 2.24) is 15.3 Å². The Hall–Kier alpha value is -2.76. The van der Waals surface area contributed by atoms with E-state index in [9.17, 15) is 18.0 Å². The Morgan fingerprint density at radius 3 is 2.21 bits per heavy atom. The zero-order valence-electron chi connectivity index (χ0n) is 24.7. The summed E-state index contributed by atoms with van der Waals surface area (Å²) in [5, 5.41) is 3.46. The topological polar surface area (TPSA) is 137 Å². The Labute approximate surface area is 257 Å². The van der Waals surface area contributed by atoms with Crippen LogP contribution in [0.2, 0.25) is 10.0 Å². The molecule has 0 saturated heterocycles. The SMILES string of the molecule is CC(C)(C)OC(=O)N[C@@H](CC=NS(=O)(=O)CCC1(c2ncc(-c3ccc(Cl)cc3Cl)cn2)CCC1)C(=O)OC(C)(C)C. The summed E-state index contributed by atoms with van der Waals surface area (Å²) >= 11 is 12.3. The Morgan fingerprint density at radius 2 is 1.69 bits per heavy atom. The van der Waals surface area contributed by atoms with Gasteiger partial charge in [0.05, 0.1) is 5.75 Å². The van der Waals surface area contributed by atoms with E-state index >= 15 is 0 Å². The minimum Gasteiger partial charge on any atom is -0.458 e. The smallest absolute Gasteiger partial charge is 0.408 e. The summed E-state index contributed by atoms with van der Waals surface area (Å²) < 4.78 is 40.1. The van der Waals surface area contributed by atoms with Crippen LogP contribution in [0.4, 0.5) is 4.79 Å². The lowest BCUT2D eigenvalue weighted by Gasteiger charge is -2.40. The van der Waals surface area contributed by atoms with Crippen LogP contribution in [0.5, 0.6) is 0 Å². The minimum atomic E-state index is -3.89. The maximum absolute atomic E-state index is 12.9. The molecule has 1 aliphatic rings. The second kappa shape index (κ2) is 13.3. The number of hydrogen-bond donors (Lipinski definition) is 1. The van der Waals surface area contributed by atoms with E-state index in [1.165, 1.54) is 0 Å². The van der Waals surface area contributed by atoms with E-state index in [0.29, 0.717) is 22.3 Å². The zero-order valence-corrected chi connectivity index (χ0v) is 27.1. The van der Waals surface area contributed by atoms with E-state index in [1.54, 1.807) is 72.1 Å². The molecule has 1 aromatic carbocycles. The molecule has 1 saturated carbocycles. The largest absolute Gasteiger partial charge is 0.458 e. The van der Waals surface area contributed by atoms with Crippen molar-refractivity contribution in [2.24, 2.45) is 4.40 Å². The van der Waals surface area contributed by atoms with E-state index in [-0.39, 0.29) is 12.2 Å². The average molecular weight is 642 g/mol. The highest BCUT2D eigenvalue weighted by atomic mass is 35.5. The van der Waals surface area contributed by atoms with E-state index < -0.39 is 44.7 Å². The number of halogens is 2. The van der Waals surface area contributed by atoms with Crippen LogP contribution in [0, 0.1) is 0 Å². The molecule has 1 fully saturated rings. The fraction of sp³-hybridized carbons (Fsp3) is 0.552. The molecular formula is C29H38Cl2N4O6S. The van der Waals surface area contributed by atoms with Gasteiger partial charge in [-0.05, 0) is 72.9 Å². The van der Waals surface area contributed by atoms with Gasteiger partial charge in [-0.2, -0.15) is 4.40 Å². The van der Waals surface area contributed by atoms with E-state index in [1.807, 2.05) is 0 Å². The molecule has 0 spiro atoms. The first-order valence-corrected chi connectivity index (χ1v) is 16.0. The molecule has 13 heteroatoms. The van der Waals surface area contributed by atoms with Gasteiger partial charge in [-0.1, -0.05) is 35.7 Å². The van der Waals surface area contributed by atoms with Crippen molar-refractivity contribution in [3.05, 3.63) is 46.5 Å². The predicted molar refractivity (Wildman–Crippen MR) is 164 cm³/mol. The molecule has 2 aromatic rings.